The third-order valence-electron chi connectivity index (χ3n) is 3.12. The molecule has 0 aliphatic carbocycles. The van der Waals surface area contributed by atoms with Gasteiger partial charge in [0.05, 0.1) is 5.52 Å². The Balaban J connectivity index is 2.45. The predicted octanol–water partition coefficient (Wildman–Crippen LogP) is 2.03. The van der Waals surface area contributed by atoms with Crippen LogP contribution >= 0.6 is 0 Å². The third-order valence-corrected chi connectivity index (χ3v) is 3.12. The number of pyridine rings is 1. The molecule has 4 heteroatoms. The van der Waals surface area contributed by atoms with Crippen LogP contribution in [0.2, 0.25) is 0 Å². The number of nitrogens with two attached hydrogens (primary N) is 1. The molecule has 0 aliphatic heterocycles. The van der Waals surface area contributed by atoms with E-state index in [1.165, 1.54) is 0 Å². The molecule has 0 aliphatic rings. The summed E-state index contributed by atoms with van der Waals surface area (Å²) >= 11 is 0. The number of nitrogens with zero attached hydrogens (tertiary/aromatic N) is 2. The summed E-state index contributed by atoms with van der Waals surface area (Å²) in [7, 11) is 4.05. The average Bonchev–Trinajstić information content (AvgIpc) is 2.34. The molecule has 0 bridgehead atoms. The van der Waals surface area contributed by atoms with Crippen LogP contribution in [0.5, 0.6) is 0 Å². The van der Waals surface area contributed by atoms with Gasteiger partial charge in [-0.05, 0) is 31.0 Å². The first kappa shape index (κ1) is 13.3. The number of rotatable bonds is 4. The Bertz CT molecular complexity index is 620. The Labute approximate surface area is 113 Å². The second kappa shape index (κ2) is 5.26. The van der Waals surface area contributed by atoms with Crippen molar-refractivity contribution in [2.24, 2.45) is 5.73 Å². The number of aryl methyl sites for hydroxylation is 2. The number of aromatic nitrogens is 1. The standard InChI is InChI=1S/C15H19N3O/c1-10-8-14(18(2)3)12-6-4-11(5-7-15(16)19)9-13(12)17-10/h4,6,8-9H,5,7H2,1-3H3,(H2,16,19). The zero-order chi connectivity index (χ0) is 14.0. The molecule has 2 N–H and O–H groups in total. The highest BCUT2D eigenvalue weighted by Crippen LogP contribution is 2.26. The summed E-state index contributed by atoms with van der Waals surface area (Å²) in [5, 5.41) is 1.12. The Morgan fingerprint density at radius 3 is 2.68 bits per heavy atom. The second-order valence-electron chi connectivity index (χ2n) is 5.00. The minimum Gasteiger partial charge on any atom is -0.377 e. The van der Waals surface area contributed by atoms with Gasteiger partial charge in [0.25, 0.3) is 0 Å². The molecule has 1 amide bonds. The number of amides is 1. The van der Waals surface area contributed by atoms with Crippen molar-refractivity contribution < 1.29 is 4.79 Å². The van der Waals surface area contributed by atoms with Crippen molar-refractivity contribution in [3.63, 3.8) is 0 Å². The highest BCUT2D eigenvalue weighted by Gasteiger charge is 2.07. The van der Waals surface area contributed by atoms with Crippen LogP contribution in [0.1, 0.15) is 17.7 Å². The molecule has 0 saturated heterocycles. The number of anilines is 1. The summed E-state index contributed by atoms with van der Waals surface area (Å²) in [5.74, 6) is -0.272. The lowest BCUT2D eigenvalue weighted by molar-refractivity contribution is -0.117. The van der Waals surface area contributed by atoms with Crippen LogP contribution in [0.25, 0.3) is 10.9 Å². The molecular formula is C15H19N3O. The van der Waals surface area contributed by atoms with Gasteiger partial charge in [0.15, 0.2) is 0 Å². The molecule has 4 nitrogen and oxygen atoms in total. The Morgan fingerprint density at radius 2 is 2.05 bits per heavy atom. The number of primary amides is 1. The minimum atomic E-state index is -0.272. The topological polar surface area (TPSA) is 59.2 Å². The number of hydrogen-bond acceptors (Lipinski definition) is 3. The van der Waals surface area contributed by atoms with E-state index in [0.29, 0.717) is 12.8 Å². The van der Waals surface area contributed by atoms with Gasteiger partial charge in [-0.3, -0.25) is 9.78 Å². The molecular weight excluding hydrogens is 238 g/mol. The van der Waals surface area contributed by atoms with E-state index in [0.717, 1.165) is 27.8 Å². The van der Waals surface area contributed by atoms with Gasteiger partial charge in [-0.2, -0.15) is 0 Å². The molecule has 2 aromatic rings. The average molecular weight is 257 g/mol. The number of carbonyl (C=O) groups excluding carboxylic acids is 1. The van der Waals surface area contributed by atoms with Crippen LogP contribution in [0.15, 0.2) is 24.3 Å². The van der Waals surface area contributed by atoms with Gasteiger partial charge in [0.1, 0.15) is 0 Å². The van der Waals surface area contributed by atoms with Crippen molar-refractivity contribution in [1.82, 2.24) is 4.98 Å². The van der Waals surface area contributed by atoms with E-state index in [9.17, 15) is 4.79 Å². The summed E-state index contributed by atoms with van der Waals surface area (Å²) in [6.07, 6.45) is 1.04. The molecule has 1 aromatic carbocycles. The normalized spacial score (nSPS) is 10.7. The van der Waals surface area contributed by atoms with E-state index in [2.05, 4.69) is 22.0 Å². The Kier molecular flexibility index (Phi) is 3.69. The first-order chi connectivity index (χ1) is 8.97. The smallest absolute Gasteiger partial charge is 0.217 e. The van der Waals surface area contributed by atoms with Crippen LogP contribution in [0.4, 0.5) is 5.69 Å². The van der Waals surface area contributed by atoms with Crippen molar-refractivity contribution in [3.8, 4) is 0 Å². The fourth-order valence-corrected chi connectivity index (χ4v) is 2.18. The maximum Gasteiger partial charge on any atom is 0.217 e. The number of fused-ring (bicyclic) bond motifs is 1. The van der Waals surface area contributed by atoms with Crippen LogP contribution in [0, 0.1) is 6.92 Å². The van der Waals surface area contributed by atoms with E-state index in [1.807, 2.05) is 33.2 Å². The van der Waals surface area contributed by atoms with E-state index in [-0.39, 0.29) is 5.91 Å². The molecule has 0 unspecified atom stereocenters. The molecule has 2 rings (SSSR count). The lowest BCUT2D eigenvalue weighted by Crippen LogP contribution is -2.11. The van der Waals surface area contributed by atoms with Gasteiger partial charge in [-0.15, -0.1) is 0 Å². The number of carbonyl (C=O) groups is 1. The maximum atomic E-state index is 10.8. The van der Waals surface area contributed by atoms with E-state index < -0.39 is 0 Å². The number of hydrogen-bond donors (Lipinski definition) is 1. The first-order valence-corrected chi connectivity index (χ1v) is 6.33. The third kappa shape index (κ3) is 3.02. The quantitative estimate of drug-likeness (QED) is 0.911. The van der Waals surface area contributed by atoms with Crippen molar-refractivity contribution in [2.75, 3.05) is 19.0 Å². The van der Waals surface area contributed by atoms with Gasteiger partial charge in [-0.1, -0.05) is 12.1 Å². The zero-order valence-electron chi connectivity index (χ0n) is 11.6. The fourth-order valence-electron chi connectivity index (χ4n) is 2.18. The Hall–Kier alpha value is -2.10. The molecule has 1 heterocycles. The largest absolute Gasteiger partial charge is 0.377 e. The summed E-state index contributed by atoms with van der Waals surface area (Å²) in [6.45, 7) is 1.99. The second-order valence-corrected chi connectivity index (χ2v) is 5.00. The van der Waals surface area contributed by atoms with Crippen LogP contribution in [-0.2, 0) is 11.2 Å². The van der Waals surface area contributed by atoms with Gasteiger partial charge < -0.3 is 10.6 Å². The van der Waals surface area contributed by atoms with Crippen LogP contribution < -0.4 is 10.6 Å². The lowest BCUT2D eigenvalue weighted by atomic mass is 10.1. The minimum absolute atomic E-state index is 0.272. The first-order valence-electron chi connectivity index (χ1n) is 6.33. The lowest BCUT2D eigenvalue weighted by Gasteiger charge is -2.16. The summed E-state index contributed by atoms with van der Waals surface area (Å²) in [6, 6.07) is 8.21. The molecule has 0 atom stereocenters. The molecule has 0 fully saturated rings. The van der Waals surface area contributed by atoms with E-state index >= 15 is 0 Å². The summed E-state index contributed by atoms with van der Waals surface area (Å²) < 4.78 is 0. The monoisotopic (exact) mass is 257 g/mol. The van der Waals surface area contributed by atoms with Crippen molar-refractivity contribution in [1.29, 1.82) is 0 Å². The Morgan fingerprint density at radius 1 is 1.32 bits per heavy atom. The van der Waals surface area contributed by atoms with Gasteiger partial charge in [0.2, 0.25) is 5.91 Å². The molecule has 0 radical (unpaired) electrons. The molecule has 100 valence electrons. The molecule has 1 aromatic heterocycles. The molecule has 19 heavy (non-hydrogen) atoms. The number of benzene rings is 1. The van der Waals surface area contributed by atoms with Gasteiger partial charge >= 0.3 is 0 Å². The molecule has 0 spiro atoms. The predicted molar refractivity (Wildman–Crippen MR) is 78.3 cm³/mol. The van der Waals surface area contributed by atoms with E-state index in [1.54, 1.807) is 0 Å². The van der Waals surface area contributed by atoms with E-state index in [4.69, 9.17) is 5.73 Å². The van der Waals surface area contributed by atoms with Crippen molar-refractivity contribution >= 4 is 22.5 Å². The van der Waals surface area contributed by atoms with Gasteiger partial charge in [-0.25, -0.2) is 0 Å². The van der Waals surface area contributed by atoms with Crippen LogP contribution in [0.3, 0.4) is 0 Å². The highest BCUT2D eigenvalue weighted by atomic mass is 16.1. The van der Waals surface area contributed by atoms with Crippen molar-refractivity contribution in [3.05, 3.63) is 35.5 Å². The summed E-state index contributed by atoms with van der Waals surface area (Å²) in [5.41, 5.74) is 9.38. The van der Waals surface area contributed by atoms with Gasteiger partial charge in [0, 0.05) is 37.3 Å². The summed E-state index contributed by atoms with van der Waals surface area (Å²) in [4.78, 5) is 17.5. The maximum absolute atomic E-state index is 10.8. The molecule has 0 saturated carbocycles. The van der Waals surface area contributed by atoms with Crippen molar-refractivity contribution in [2.45, 2.75) is 19.8 Å². The fraction of sp³-hybridized carbons (Fsp3) is 0.333. The highest BCUT2D eigenvalue weighted by molar-refractivity contribution is 5.92. The van der Waals surface area contributed by atoms with Crippen LogP contribution in [-0.4, -0.2) is 25.0 Å². The SMILES string of the molecule is Cc1cc(N(C)C)c2ccc(CCC(N)=O)cc2n1. The zero-order valence-corrected chi connectivity index (χ0v) is 11.6.